The summed E-state index contributed by atoms with van der Waals surface area (Å²) in [6, 6.07) is 15.5. The smallest absolute Gasteiger partial charge is 0.404 e. The van der Waals surface area contributed by atoms with Gasteiger partial charge in [-0.1, -0.05) is 54.6 Å². The van der Waals surface area contributed by atoms with Crippen LogP contribution in [-0.2, 0) is 9.36 Å². The summed E-state index contributed by atoms with van der Waals surface area (Å²) in [5.74, 6) is -0.102. The maximum Gasteiger partial charge on any atom is 0.524 e. The molecule has 118 valence electrons. The van der Waals surface area contributed by atoms with Crippen LogP contribution in [0.5, 0.6) is 5.75 Å². The van der Waals surface area contributed by atoms with Gasteiger partial charge in [-0.05, 0) is 35.4 Å². The zero-order chi connectivity index (χ0) is 16.7. The first kappa shape index (κ1) is 16.9. The molecule has 0 unspecified atom stereocenters. The number of ketones is 1. The van der Waals surface area contributed by atoms with Crippen LogP contribution in [0.3, 0.4) is 0 Å². The topological polar surface area (TPSA) is 83.8 Å². The quantitative estimate of drug-likeness (QED) is 0.626. The normalized spacial score (nSPS) is 11.9. The van der Waals surface area contributed by atoms with Gasteiger partial charge in [0.25, 0.3) is 0 Å². The lowest BCUT2D eigenvalue weighted by Crippen LogP contribution is -1.89. The number of hydrogen-bond acceptors (Lipinski definition) is 3. The Morgan fingerprint density at radius 2 is 1.39 bits per heavy atom. The maximum atomic E-state index is 11.7. The average molecular weight is 330 g/mol. The van der Waals surface area contributed by atoms with Crippen LogP contribution in [0.4, 0.5) is 0 Å². The van der Waals surface area contributed by atoms with Crippen molar-refractivity contribution in [3.63, 3.8) is 0 Å². The Labute approximate surface area is 133 Å². The summed E-state index contributed by atoms with van der Waals surface area (Å²) < 4.78 is 15.1. The highest BCUT2D eigenvalue weighted by atomic mass is 31.2. The van der Waals surface area contributed by atoms with Crippen LogP contribution in [0.1, 0.15) is 11.1 Å². The van der Waals surface area contributed by atoms with E-state index in [4.69, 9.17) is 9.79 Å². The predicted molar refractivity (Wildman–Crippen MR) is 88.6 cm³/mol. The molecule has 0 heterocycles. The van der Waals surface area contributed by atoms with Crippen molar-refractivity contribution < 1.29 is 23.7 Å². The molecule has 0 amide bonds. The number of rotatable bonds is 6. The predicted octanol–water partition coefficient (Wildman–Crippen LogP) is 3.45. The fourth-order valence-electron chi connectivity index (χ4n) is 1.75. The largest absolute Gasteiger partial charge is 0.524 e. The van der Waals surface area contributed by atoms with Gasteiger partial charge in [-0.15, -0.1) is 0 Å². The highest BCUT2D eigenvalue weighted by Gasteiger charge is 2.15. The zero-order valence-electron chi connectivity index (χ0n) is 12.1. The van der Waals surface area contributed by atoms with Crippen LogP contribution < -0.4 is 4.52 Å². The second kappa shape index (κ2) is 7.70. The Kier molecular flexibility index (Phi) is 5.66. The van der Waals surface area contributed by atoms with Crippen LogP contribution in [0, 0.1) is 0 Å². The van der Waals surface area contributed by atoms with E-state index in [-0.39, 0.29) is 11.5 Å². The lowest BCUT2D eigenvalue weighted by Gasteiger charge is -2.06. The average Bonchev–Trinajstić information content (AvgIpc) is 2.52. The van der Waals surface area contributed by atoms with Crippen molar-refractivity contribution in [3.8, 4) is 5.75 Å². The molecule has 0 aliphatic carbocycles. The van der Waals surface area contributed by atoms with Gasteiger partial charge >= 0.3 is 7.82 Å². The van der Waals surface area contributed by atoms with Crippen LogP contribution in [0.2, 0.25) is 0 Å². The van der Waals surface area contributed by atoms with Crippen molar-refractivity contribution >= 4 is 25.8 Å². The summed E-state index contributed by atoms with van der Waals surface area (Å²) in [6.07, 6.45) is 6.22. The highest BCUT2D eigenvalue weighted by molar-refractivity contribution is 7.46. The van der Waals surface area contributed by atoms with E-state index in [0.717, 1.165) is 5.56 Å². The fraction of sp³-hybridized carbons (Fsp3) is 0. The summed E-state index contributed by atoms with van der Waals surface area (Å²) in [5, 5.41) is 0. The minimum Gasteiger partial charge on any atom is -0.404 e. The SMILES string of the molecule is O=C(/C=C/c1ccccc1)/C=C/c1ccc(OP(=O)(O)O)cc1. The molecule has 2 aromatic carbocycles. The molecule has 0 aliphatic heterocycles. The Bertz CT molecular complexity index is 757. The molecule has 0 saturated carbocycles. The van der Waals surface area contributed by atoms with Gasteiger partial charge in [-0.2, -0.15) is 0 Å². The summed E-state index contributed by atoms with van der Waals surface area (Å²) in [4.78, 5) is 29.1. The lowest BCUT2D eigenvalue weighted by atomic mass is 10.1. The molecule has 5 nitrogen and oxygen atoms in total. The minimum atomic E-state index is -4.55. The van der Waals surface area contributed by atoms with E-state index in [1.807, 2.05) is 30.3 Å². The second-order valence-corrected chi connectivity index (χ2v) is 5.79. The molecule has 0 bridgehead atoms. The molecule has 6 heteroatoms. The van der Waals surface area contributed by atoms with E-state index in [0.29, 0.717) is 5.56 Å². The molecule has 0 saturated heterocycles. The van der Waals surface area contributed by atoms with Gasteiger partial charge in [0.05, 0.1) is 0 Å². The number of phosphoric acid groups is 1. The molecular weight excluding hydrogens is 315 g/mol. The third-order valence-corrected chi connectivity index (χ3v) is 3.23. The van der Waals surface area contributed by atoms with Gasteiger partial charge in [0.15, 0.2) is 5.78 Å². The van der Waals surface area contributed by atoms with Gasteiger partial charge in [0.2, 0.25) is 0 Å². The molecular formula is C17H15O5P. The van der Waals surface area contributed by atoms with Crippen molar-refractivity contribution in [2.75, 3.05) is 0 Å². The molecule has 0 radical (unpaired) electrons. The third-order valence-electron chi connectivity index (χ3n) is 2.78. The van der Waals surface area contributed by atoms with Crippen molar-refractivity contribution in [2.45, 2.75) is 0 Å². The first-order valence-corrected chi connectivity index (χ1v) is 8.26. The van der Waals surface area contributed by atoms with Gasteiger partial charge in [0, 0.05) is 0 Å². The molecule has 0 atom stereocenters. The molecule has 0 aliphatic rings. The highest BCUT2D eigenvalue weighted by Crippen LogP contribution is 2.37. The maximum absolute atomic E-state index is 11.7. The number of phosphoric ester groups is 1. The van der Waals surface area contributed by atoms with E-state index in [1.54, 1.807) is 24.3 Å². The standard InChI is InChI=1S/C17H15O5P/c18-16(10-6-14-4-2-1-3-5-14)11-7-15-8-12-17(13-9-15)22-23(19,20)21/h1-13H,(H2,19,20,21)/b10-6+,11-7+. The molecule has 2 rings (SSSR count). The minimum absolute atomic E-state index is 0.0609. The summed E-state index contributed by atoms with van der Waals surface area (Å²) >= 11 is 0. The van der Waals surface area contributed by atoms with Crippen molar-refractivity contribution in [1.82, 2.24) is 0 Å². The Hall–Kier alpha value is -2.46. The molecule has 2 N–H and O–H groups in total. The Balaban J connectivity index is 1.96. The summed E-state index contributed by atoms with van der Waals surface area (Å²) in [7, 11) is -4.55. The van der Waals surface area contributed by atoms with Gasteiger partial charge in [-0.25, -0.2) is 4.57 Å². The van der Waals surface area contributed by atoms with Crippen molar-refractivity contribution in [2.24, 2.45) is 0 Å². The van der Waals surface area contributed by atoms with Crippen molar-refractivity contribution in [1.29, 1.82) is 0 Å². The number of hydrogen-bond donors (Lipinski definition) is 2. The Morgan fingerprint density at radius 3 is 1.91 bits per heavy atom. The monoisotopic (exact) mass is 330 g/mol. The number of carbonyl (C=O) groups excluding carboxylic acids is 1. The number of benzene rings is 2. The van der Waals surface area contributed by atoms with E-state index in [1.165, 1.54) is 24.3 Å². The van der Waals surface area contributed by atoms with E-state index < -0.39 is 7.82 Å². The number of carbonyl (C=O) groups is 1. The van der Waals surface area contributed by atoms with Crippen LogP contribution in [0.15, 0.2) is 66.7 Å². The third kappa shape index (κ3) is 6.45. The first-order valence-electron chi connectivity index (χ1n) is 6.73. The van der Waals surface area contributed by atoms with Gasteiger partial charge in [-0.3, -0.25) is 14.6 Å². The van der Waals surface area contributed by atoms with Crippen molar-refractivity contribution in [3.05, 3.63) is 77.9 Å². The van der Waals surface area contributed by atoms with Crippen LogP contribution >= 0.6 is 7.82 Å². The molecule has 0 aromatic heterocycles. The second-order valence-electron chi connectivity index (χ2n) is 4.63. The lowest BCUT2D eigenvalue weighted by molar-refractivity contribution is -0.110. The van der Waals surface area contributed by atoms with Gasteiger partial charge < -0.3 is 4.52 Å². The first-order chi connectivity index (χ1) is 10.9. The summed E-state index contributed by atoms with van der Waals surface area (Å²) in [5.41, 5.74) is 1.65. The van der Waals surface area contributed by atoms with Crippen LogP contribution in [0.25, 0.3) is 12.2 Å². The number of allylic oxidation sites excluding steroid dienone is 2. The van der Waals surface area contributed by atoms with Crippen LogP contribution in [-0.4, -0.2) is 15.6 Å². The van der Waals surface area contributed by atoms with E-state index in [2.05, 4.69) is 4.52 Å². The molecule has 2 aromatic rings. The zero-order valence-corrected chi connectivity index (χ0v) is 13.0. The van der Waals surface area contributed by atoms with E-state index in [9.17, 15) is 9.36 Å². The fourth-order valence-corrected chi connectivity index (χ4v) is 2.15. The Morgan fingerprint density at radius 1 is 0.870 bits per heavy atom. The van der Waals surface area contributed by atoms with E-state index >= 15 is 0 Å². The van der Waals surface area contributed by atoms with Gasteiger partial charge in [0.1, 0.15) is 5.75 Å². The molecule has 0 spiro atoms. The molecule has 23 heavy (non-hydrogen) atoms. The molecule has 0 fully saturated rings. The summed E-state index contributed by atoms with van der Waals surface area (Å²) in [6.45, 7) is 0.